The fourth-order valence-electron chi connectivity index (χ4n) is 0.604. The van der Waals surface area contributed by atoms with E-state index in [2.05, 4.69) is 13.8 Å². The Kier molecular flexibility index (Phi) is 15.1. The minimum Gasteiger partial charge on any atom is -0.0654 e. The molecule has 0 aromatic carbocycles. The summed E-state index contributed by atoms with van der Waals surface area (Å²) in [5.74, 6) is 0. The van der Waals surface area contributed by atoms with E-state index in [9.17, 15) is 0 Å². The molecule has 0 bridgehead atoms. The third-order valence-corrected chi connectivity index (χ3v) is 1.10. The van der Waals surface area contributed by atoms with Crippen molar-refractivity contribution in [3.05, 3.63) is 6.92 Å². The maximum Gasteiger partial charge on any atom is 0 e. The molecule has 0 spiro atoms. The van der Waals surface area contributed by atoms with Gasteiger partial charge < -0.3 is 0 Å². The molecule has 0 aromatic heterocycles. The van der Waals surface area contributed by atoms with Crippen molar-refractivity contribution in [2.24, 2.45) is 0 Å². The summed E-state index contributed by atoms with van der Waals surface area (Å²) >= 11 is 0. The zero-order valence-corrected chi connectivity index (χ0v) is 8.92. The molecule has 0 aliphatic rings. The summed E-state index contributed by atoms with van der Waals surface area (Å²) in [5.41, 5.74) is 0. The predicted octanol–water partition coefficient (Wildman–Crippen LogP) is 2.79. The van der Waals surface area contributed by atoms with Crippen molar-refractivity contribution in [2.75, 3.05) is 0 Å². The second kappa shape index (κ2) is 10.6. The summed E-state index contributed by atoms with van der Waals surface area (Å²) in [5, 5.41) is 0. The number of rotatable bonds is 4. The second-order valence-electron chi connectivity index (χ2n) is 1.91. The normalized spacial score (nSPS) is 8.25. The number of hydrogen-bond acceptors (Lipinski definition) is 0. The molecule has 0 saturated heterocycles. The van der Waals surface area contributed by atoms with E-state index in [4.69, 9.17) is 0 Å². The van der Waals surface area contributed by atoms with Crippen LogP contribution in [0.15, 0.2) is 0 Å². The van der Waals surface area contributed by atoms with Gasteiger partial charge in [-0.15, -0.1) is 0 Å². The Balaban J connectivity index is 0. The Morgan fingerprint density at radius 2 is 1.75 bits per heavy atom. The van der Waals surface area contributed by atoms with E-state index in [1.165, 1.54) is 25.7 Å². The summed E-state index contributed by atoms with van der Waals surface area (Å²) in [6.45, 7) is 5.98. The molecule has 8 heavy (non-hydrogen) atoms. The third-order valence-electron chi connectivity index (χ3n) is 1.10. The molecule has 0 N–H and O–H groups in total. The van der Waals surface area contributed by atoms with Crippen LogP contribution in [0, 0.1) is 6.92 Å². The van der Waals surface area contributed by atoms with Crippen LogP contribution in [0.4, 0.5) is 0 Å². The van der Waals surface area contributed by atoms with Gasteiger partial charge in [0.25, 0.3) is 0 Å². The Morgan fingerprint density at radius 1 is 1.12 bits per heavy atom. The molecule has 0 nitrogen and oxygen atoms in total. The summed E-state index contributed by atoms with van der Waals surface area (Å²) in [7, 11) is 0. The molecular weight excluding hydrogens is 149 g/mol. The van der Waals surface area contributed by atoms with Gasteiger partial charge in [-0.2, -0.15) is 0 Å². The molecule has 0 aromatic rings. The van der Waals surface area contributed by atoms with Gasteiger partial charge in [0.2, 0.25) is 0 Å². The van der Waals surface area contributed by atoms with Crippen LogP contribution in [0.1, 0.15) is 39.0 Å². The first kappa shape index (κ1) is 11.4. The molecule has 0 heterocycles. The van der Waals surface area contributed by atoms with E-state index in [1.807, 2.05) is 0 Å². The van der Waals surface area contributed by atoms with E-state index in [0.29, 0.717) is 0 Å². The Morgan fingerprint density at radius 3 is 2.12 bits per heavy atom. The molecule has 0 fully saturated rings. The SMILES string of the molecule is [CH2]CCCCCC.[Zn]. The Bertz CT molecular complexity index is 23.6. The van der Waals surface area contributed by atoms with Gasteiger partial charge in [-0.05, 0) is 0 Å². The van der Waals surface area contributed by atoms with Crippen molar-refractivity contribution in [3.63, 3.8) is 0 Å². The monoisotopic (exact) mass is 163 g/mol. The van der Waals surface area contributed by atoms with Crippen LogP contribution >= 0.6 is 0 Å². The van der Waals surface area contributed by atoms with Crippen LogP contribution in [0.5, 0.6) is 0 Å². The summed E-state index contributed by atoms with van der Waals surface area (Å²) in [6.07, 6.45) is 6.52. The molecule has 0 rings (SSSR count). The Hall–Kier alpha value is 0.623. The first-order chi connectivity index (χ1) is 3.41. The van der Waals surface area contributed by atoms with Gasteiger partial charge >= 0.3 is 0 Å². The molecule has 0 saturated carbocycles. The van der Waals surface area contributed by atoms with Crippen LogP contribution in [-0.2, 0) is 19.5 Å². The summed E-state index contributed by atoms with van der Waals surface area (Å²) < 4.78 is 0. The molecule has 0 atom stereocenters. The zero-order valence-electron chi connectivity index (χ0n) is 5.95. The van der Waals surface area contributed by atoms with Gasteiger partial charge in [0.05, 0.1) is 0 Å². The second-order valence-corrected chi connectivity index (χ2v) is 1.91. The third kappa shape index (κ3) is 9.80. The quantitative estimate of drug-likeness (QED) is 0.443. The fourth-order valence-corrected chi connectivity index (χ4v) is 0.604. The minimum absolute atomic E-state index is 0. The molecule has 0 unspecified atom stereocenters. The van der Waals surface area contributed by atoms with E-state index in [1.54, 1.807) is 0 Å². The Labute approximate surface area is 65.8 Å². The average Bonchev–Trinajstić information content (AvgIpc) is 1.69. The van der Waals surface area contributed by atoms with Crippen molar-refractivity contribution in [3.8, 4) is 0 Å². The van der Waals surface area contributed by atoms with Gasteiger partial charge in [0, 0.05) is 19.5 Å². The van der Waals surface area contributed by atoms with Gasteiger partial charge in [-0.25, -0.2) is 0 Å². The molecule has 1 heteroatoms. The molecular formula is C7H15Zn. The smallest absolute Gasteiger partial charge is 0 e. The van der Waals surface area contributed by atoms with Gasteiger partial charge in [-0.1, -0.05) is 46.0 Å². The van der Waals surface area contributed by atoms with Crippen LogP contribution in [0.3, 0.4) is 0 Å². The molecule has 0 aliphatic heterocycles. The molecule has 1 radical (unpaired) electrons. The van der Waals surface area contributed by atoms with E-state index in [0.717, 1.165) is 6.42 Å². The summed E-state index contributed by atoms with van der Waals surface area (Å²) in [6, 6.07) is 0. The van der Waals surface area contributed by atoms with Crippen LogP contribution in [-0.4, -0.2) is 0 Å². The van der Waals surface area contributed by atoms with E-state index in [-0.39, 0.29) is 19.5 Å². The van der Waals surface area contributed by atoms with Crippen molar-refractivity contribution < 1.29 is 19.5 Å². The van der Waals surface area contributed by atoms with E-state index < -0.39 is 0 Å². The minimum atomic E-state index is 0. The molecule has 0 aliphatic carbocycles. The first-order valence-corrected chi connectivity index (χ1v) is 3.21. The average molecular weight is 165 g/mol. The van der Waals surface area contributed by atoms with Crippen molar-refractivity contribution in [1.29, 1.82) is 0 Å². The van der Waals surface area contributed by atoms with Crippen molar-refractivity contribution >= 4 is 0 Å². The van der Waals surface area contributed by atoms with Gasteiger partial charge in [0.15, 0.2) is 0 Å². The first-order valence-electron chi connectivity index (χ1n) is 3.21. The predicted molar refractivity (Wildman–Crippen MR) is 34.1 cm³/mol. The van der Waals surface area contributed by atoms with Crippen LogP contribution in [0.25, 0.3) is 0 Å². The van der Waals surface area contributed by atoms with Gasteiger partial charge in [-0.3, -0.25) is 0 Å². The topological polar surface area (TPSA) is 0 Å². The van der Waals surface area contributed by atoms with Gasteiger partial charge in [0.1, 0.15) is 0 Å². The number of hydrogen-bond donors (Lipinski definition) is 0. The fraction of sp³-hybridized carbons (Fsp3) is 0.857. The zero-order chi connectivity index (χ0) is 5.54. The summed E-state index contributed by atoms with van der Waals surface area (Å²) in [4.78, 5) is 0. The van der Waals surface area contributed by atoms with Crippen LogP contribution in [0.2, 0.25) is 0 Å². The largest absolute Gasteiger partial charge is 0.0654 e. The maximum atomic E-state index is 3.76. The standard InChI is InChI=1S/C7H15.Zn/c1-3-5-7-6-4-2;/h1,3-7H2,2H3;. The van der Waals surface area contributed by atoms with Crippen molar-refractivity contribution in [2.45, 2.75) is 39.0 Å². The molecule has 0 amide bonds. The van der Waals surface area contributed by atoms with E-state index >= 15 is 0 Å². The maximum absolute atomic E-state index is 3.76. The van der Waals surface area contributed by atoms with Crippen LogP contribution < -0.4 is 0 Å². The van der Waals surface area contributed by atoms with Crippen molar-refractivity contribution in [1.82, 2.24) is 0 Å². The number of unbranched alkanes of at least 4 members (excludes halogenated alkanes) is 4. The molecule has 45 valence electrons.